The standard InChI is InChI=1S/C12H6Cl4O2S/c13-7-4-5-8(14)11(6-7)19(17,18)12-9(15)2-1-3-10(12)16/h1-6H. The van der Waals surface area contributed by atoms with E-state index < -0.39 is 9.84 Å². The zero-order valence-corrected chi connectivity index (χ0v) is 13.0. The Hall–Kier alpha value is -0.450. The molecule has 0 radical (unpaired) electrons. The Morgan fingerprint density at radius 2 is 1.37 bits per heavy atom. The van der Waals surface area contributed by atoms with Crippen molar-refractivity contribution < 1.29 is 8.42 Å². The summed E-state index contributed by atoms with van der Waals surface area (Å²) in [5.74, 6) is 0. The van der Waals surface area contributed by atoms with Crippen molar-refractivity contribution in [2.24, 2.45) is 0 Å². The maximum Gasteiger partial charge on any atom is 0.211 e. The molecule has 100 valence electrons. The predicted molar refractivity (Wildman–Crippen MR) is 78.4 cm³/mol. The van der Waals surface area contributed by atoms with Gasteiger partial charge in [-0.3, -0.25) is 0 Å². The van der Waals surface area contributed by atoms with Crippen molar-refractivity contribution in [3.8, 4) is 0 Å². The van der Waals surface area contributed by atoms with Gasteiger partial charge in [0.25, 0.3) is 0 Å². The Bertz CT molecular complexity index is 721. The van der Waals surface area contributed by atoms with Crippen molar-refractivity contribution in [2.75, 3.05) is 0 Å². The summed E-state index contributed by atoms with van der Waals surface area (Å²) < 4.78 is 25.1. The quantitative estimate of drug-likeness (QED) is 0.747. The molecule has 0 aliphatic rings. The summed E-state index contributed by atoms with van der Waals surface area (Å²) in [7, 11) is -3.93. The number of benzene rings is 2. The molecular formula is C12H6Cl4O2S. The fourth-order valence-corrected chi connectivity index (χ4v) is 4.67. The maximum absolute atomic E-state index is 12.5. The van der Waals surface area contributed by atoms with Crippen molar-refractivity contribution in [3.63, 3.8) is 0 Å². The molecule has 0 aliphatic carbocycles. The Morgan fingerprint density at radius 1 is 0.789 bits per heavy atom. The van der Waals surface area contributed by atoms with Crippen molar-refractivity contribution in [3.05, 3.63) is 56.5 Å². The van der Waals surface area contributed by atoms with Crippen LogP contribution in [0.25, 0.3) is 0 Å². The molecular weight excluding hydrogens is 350 g/mol. The lowest BCUT2D eigenvalue weighted by Crippen LogP contribution is -2.04. The zero-order valence-electron chi connectivity index (χ0n) is 9.20. The van der Waals surface area contributed by atoms with E-state index in [4.69, 9.17) is 46.4 Å². The molecule has 2 nitrogen and oxygen atoms in total. The molecule has 0 aliphatic heterocycles. The molecule has 0 saturated heterocycles. The van der Waals surface area contributed by atoms with Gasteiger partial charge in [-0.05, 0) is 30.3 Å². The van der Waals surface area contributed by atoms with Gasteiger partial charge in [-0.25, -0.2) is 8.42 Å². The van der Waals surface area contributed by atoms with E-state index >= 15 is 0 Å². The van der Waals surface area contributed by atoms with E-state index in [-0.39, 0.29) is 29.9 Å². The van der Waals surface area contributed by atoms with Crippen LogP contribution in [0.4, 0.5) is 0 Å². The van der Waals surface area contributed by atoms with Crippen molar-refractivity contribution >= 4 is 56.2 Å². The van der Waals surface area contributed by atoms with Crippen LogP contribution in [0, 0.1) is 0 Å². The highest BCUT2D eigenvalue weighted by atomic mass is 35.5. The number of rotatable bonds is 2. The van der Waals surface area contributed by atoms with Gasteiger partial charge in [0.2, 0.25) is 9.84 Å². The first-order chi connectivity index (χ1) is 8.84. The predicted octanol–water partition coefficient (Wildman–Crippen LogP) is 5.13. The highest BCUT2D eigenvalue weighted by Crippen LogP contribution is 2.36. The zero-order chi connectivity index (χ0) is 14.2. The number of halogens is 4. The van der Waals surface area contributed by atoms with Crippen molar-refractivity contribution in [1.82, 2.24) is 0 Å². The van der Waals surface area contributed by atoms with E-state index in [2.05, 4.69) is 0 Å². The van der Waals surface area contributed by atoms with Crippen LogP contribution < -0.4 is 0 Å². The average Bonchev–Trinajstić information content (AvgIpc) is 2.31. The SMILES string of the molecule is O=S(=O)(c1cc(Cl)ccc1Cl)c1c(Cl)cccc1Cl. The van der Waals surface area contributed by atoms with Gasteiger partial charge >= 0.3 is 0 Å². The molecule has 7 heteroatoms. The van der Waals surface area contributed by atoms with E-state index in [1.54, 1.807) is 6.07 Å². The summed E-state index contributed by atoms with van der Waals surface area (Å²) in [6, 6.07) is 8.61. The molecule has 2 aromatic carbocycles. The van der Waals surface area contributed by atoms with Gasteiger partial charge in [0, 0.05) is 5.02 Å². The van der Waals surface area contributed by atoms with Gasteiger partial charge in [-0.2, -0.15) is 0 Å². The van der Waals surface area contributed by atoms with Gasteiger partial charge < -0.3 is 0 Å². The van der Waals surface area contributed by atoms with Crippen LogP contribution >= 0.6 is 46.4 Å². The first kappa shape index (κ1) is 14.9. The summed E-state index contributed by atoms with van der Waals surface area (Å²) in [5.41, 5.74) is 0. The Kier molecular flexibility index (Phi) is 4.33. The summed E-state index contributed by atoms with van der Waals surface area (Å²) in [5, 5.41) is 0.374. The van der Waals surface area contributed by atoms with Crippen molar-refractivity contribution in [2.45, 2.75) is 9.79 Å². The number of hydrogen-bond acceptors (Lipinski definition) is 2. The molecule has 0 N–H and O–H groups in total. The summed E-state index contributed by atoms with van der Waals surface area (Å²) in [4.78, 5) is -0.306. The molecule has 0 atom stereocenters. The Morgan fingerprint density at radius 3 is 1.95 bits per heavy atom. The first-order valence-electron chi connectivity index (χ1n) is 4.98. The van der Waals surface area contributed by atoms with E-state index in [0.29, 0.717) is 0 Å². The summed E-state index contributed by atoms with van der Waals surface area (Å²) in [6.45, 7) is 0. The molecule has 0 bridgehead atoms. The third-order valence-corrected chi connectivity index (χ3v) is 5.80. The highest BCUT2D eigenvalue weighted by molar-refractivity contribution is 7.91. The minimum atomic E-state index is -3.93. The van der Waals surface area contributed by atoms with Crippen molar-refractivity contribution in [1.29, 1.82) is 0 Å². The van der Waals surface area contributed by atoms with Gasteiger partial charge in [0.05, 0.1) is 20.0 Å². The molecule has 0 amide bonds. The molecule has 0 spiro atoms. The number of sulfone groups is 1. The fraction of sp³-hybridized carbons (Fsp3) is 0. The summed E-state index contributed by atoms with van der Waals surface area (Å²) >= 11 is 23.5. The second-order valence-electron chi connectivity index (χ2n) is 3.63. The fourth-order valence-electron chi connectivity index (χ4n) is 1.53. The monoisotopic (exact) mass is 354 g/mol. The smallest absolute Gasteiger partial charge is 0.211 e. The summed E-state index contributed by atoms with van der Waals surface area (Å²) in [6.07, 6.45) is 0. The first-order valence-corrected chi connectivity index (χ1v) is 7.97. The van der Waals surface area contributed by atoms with Crippen LogP contribution in [0.1, 0.15) is 0 Å². The van der Waals surface area contributed by atoms with Crippen LogP contribution in [-0.2, 0) is 9.84 Å². The Balaban J connectivity index is 2.77. The minimum Gasteiger partial charge on any atom is -0.218 e. The van der Waals surface area contributed by atoms with Crippen LogP contribution in [0.15, 0.2) is 46.2 Å². The molecule has 0 fully saturated rings. The highest BCUT2D eigenvalue weighted by Gasteiger charge is 2.26. The Labute approximate surface area is 130 Å². The topological polar surface area (TPSA) is 34.1 Å². The lowest BCUT2D eigenvalue weighted by atomic mass is 10.3. The van der Waals surface area contributed by atoms with E-state index in [1.807, 2.05) is 0 Å². The molecule has 0 saturated carbocycles. The van der Waals surface area contributed by atoms with Crippen LogP contribution in [0.2, 0.25) is 20.1 Å². The van der Waals surface area contributed by atoms with Gasteiger partial charge in [0.1, 0.15) is 4.90 Å². The lowest BCUT2D eigenvalue weighted by Gasteiger charge is -2.10. The number of hydrogen-bond donors (Lipinski definition) is 0. The molecule has 0 heterocycles. The van der Waals surface area contributed by atoms with E-state index in [9.17, 15) is 8.42 Å². The van der Waals surface area contributed by atoms with Crippen LogP contribution in [0.5, 0.6) is 0 Å². The molecule has 2 rings (SSSR count). The normalized spacial score (nSPS) is 11.6. The van der Waals surface area contributed by atoms with E-state index in [1.165, 1.54) is 30.3 Å². The van der Waals surface area contributed by atoms with E-state index in [0.717, 1.165) is 0 Å². The van der Waals surface area contributed by atoms with Crippen LogP contribution in [0.3, 0.4) is 0 Å². The minimum absolute atomic E-state index is 0.0311. The van der Waals surface area contributed by atoms with Gasteiger partial charge in [-0.1, -0.05) is 52.5 Å². The molecule has 19 heavy (non-hydrogen) atoms. The second kappa shape index (κ2) is 5.51. The lowest BCUT2D eigenvalue weighted by molar-refractivity contribution is 0.596. The molecule has 2 aromatic rings. The molecule has 0 aromatic heterocycles. The van der Waals surface area contributed by atoms with Gasteiger partial charge in [0.15, 0.2) is 0 Å². The largest absolute Gasteiger partial charge is 0.218 e. The maximum atomic E-state index is 12.5. The van der Waals surface area contributed by atoms with Crippen LogP contribution in [-0.4, -0.2) is 8.42 Å². The molecule has 0 unspecified atom stereocenters. The van der Waals surface area contributed by atoms with Gasteiger partial charge in [-0.15, -0.1) is 0 Å². The average molecular weight is 356 g/mol. The third kappa shape index (κ3) is 2.86. The second-order valence-corrected chi connectivity index (χ2v) is 7.14. The third-order valence-electron chi connectivity index (χ3n) is 2.37.